The van der Waals surface area contributed by atoms with Crippen LogP contribution in [0.4, 0.5) is 0 Å². The molecule has 2 N–H and O–H groups in total. The highest BCUT2D eigenvalue weighted by Crippen LogP contribution is 1.96. The fourth-order valence-corrected chi connectivity index (χ4v) is 1.24. The van der Waals surface area contributed by atoms with E-state index in [-0.39, 0.29) is 5.91 Å². The molecule has 16 heavy (non-hydrogen) atoms. The van der Waals surface area contributed by atoms with Crippen LogP contribution in [-0.4, -0.2) is 48.2 Å². The molecule has 0 fully saturated rings. The molecule has 96 valence electrons. The van der Waals surface area contributed by atoms with Crippen molar-refractivity contribution in [2.24, 2.45) is 0 Å². The van der Waals surface area contributed by atoms with E-state index in [2.05, 4.69) is 31.1 Å². The van der Waals surface area contributed by atoms with Crippen molar-refractivity contribution in [2.45, 2.75) is 52.2 Å². The first-order valence-corrected chi connectivity index (χ1v) is 6.08. The number of hydrogen-bond acceptors (Lipinski definition) is 3. The number of aliphatic hydroxyl groups excluding tert-OH is 1. The lowest BCUT2D eigenvalue weighted by molar-refractivity contribution is -0.121. The predicted molar refractivity (Wildman–Crippen MR) is 66.3 cm³/mol. The van der Waals surface area contributed by atoms with Gasteiger partial charge in [-0.25, -0.2) is 0 Å². The van der Waals surface area contributed by atoms with E-state index in [1.54, 1.807) is 6.92 Å². The van der Waals surface area contributed by atoms with Gasteiger partial charge in [-0.2, -0.15) is 0 Å². The Balaban J connectivity index is 3.41. The molecule has 0 saturated heterocycles. The van der Waals surface area contributed by atoms with E-state index in [1.165, 1.54) is 0 Å². The molecule has 0 aliphatic heterocycles. The van der Waals surface area contributed by atoms with Crippen molar-refractivity contribution in [3.8, 4) is 0 Å². The summed E-state index contributed by atoms with van der Waals surface area (Å²) in [6, 6.07) is 0.547. The first-order chi connectivity index (χ1) is 7.43. The van der Waals surface area contributed by atoms with E-state index in [9.17, 15) is 4.79 Å². The van der Waals surface area contributed by atoms with Crippen LogP contribution in [0.2, 0.25) is 0 Å². The molecule has 0 aromatic carbocycles. The smallest absolute Gasteiger partial charge is 0.220 e. The van der Waals surface area contributed by atoms with Crippen LogP contribution >= 0.6 is 0 Å². The van der Waals surface area contributed by atoms with Gasteiger partial charge < -0.3 is 15.3 Å². The maximum Gasteiger partial charge on any atom is 0.220 e. The average Bonchev–Trinajstić information content (AvgIpc) is 2.20. The molecule has 0 radical (unpaired) electrons. The topological polar surface area (TPSA) is 52.6 Å². The number of nitrogens with zero attached hydrogens (tertiary/aromatic N) is 1. The van der Waals surface area contributed by atoms with Gasteiger partial charge in [0.25, 0.3) is 0 Å². The molecule has 0 aliphatic rings. The second-order valence-corrected chi connectivity index (χ2v) is 4.67. The van der Waals surface area contributed by atoms with Crippen LogP contribution in [0.5, 0.6) is 0 Å². The summed E-state index contributed by atoms with van der Waals surface area (Å²) in [5, 5.41) is 11.9. The number of carbonyl (C=O) groups is 1. The third-order valence-electron chi connectivity index (χ3n) is 2.68. The Kier molecular flexibility index (Phi) is 8.21. The van der Waals surface area contributed by atoms with E-state index >= 15 is 0 Å². The van der Waals surface area contributed by atoms with Crippen LogP contribution in [0.15, 0.2) is 0 Å². The Morgan fingerprint density at radius 1 is 1.38 bits per heavy atom. The molecule has 4 heteroatoms. The molecule has 0 spiro atoms. The third-order valence-corrected chi connectivity index (χ3v) is 2.68. The summed E-state index contributed by atoms with van der Waals surface area (Å²) < 4.78 is 0. The highest BCUT2D eigenvalue weighted by Gasteiger charge is 2.05. The minimum absolute atomic E-state index is 0.0353. The van der Waals surface area contributed by atoms with Gasteiger partial charge in [-0.3, -0.25) is 4.79 Å². The number of amides is 1. The molecule has 0 aromatic rings. The summed E-state index contributed by atoms with van der Waals surface area (Å²) in [6.07, 6.45) is 1.53. The van der Waals surface area contributed by atoms with Crippen LogP contribution in [-0.2, 0) is 4.79 Å². The number of hydrogen-bond donors (Lipinski definition) is 2. The lowest BCUT2D eigenvalue weighted by Gasteiger charge is -2.20. The molecule has 1 amide bonds. The van der Waals surface area contributed by atoms with E-state index < -0.39 is 6.10 Å². The minimum Gasteiger partial charge on any atom is -0.393 e. The maximum atomic E-state index is 11.3. The molecule has 0 aromatic heterocycles. The molecule has 0 aliphatic carbocycles. The number of rotatable bonds is 8. The molecule has 1 atom stereocenters. The van der Waals surface area contributed by atoms with Gasteiger partial charge in [0.2, 0.25) is 5.91 Å². The van der Waals surface area contributed by atoms with Gasteiger partial charge in [0.1, 0.15) is 0 Å². The van der Waals surface area contributed by atoms with Crippen molar-refractivity contribution in [3.63, 3.8) is 0 Å². The van der Waals surface area contributed by atoms with Crippen molar-refractivity contribution in [3.05, 3.63) is 0 Å². The molecular formula is C12H26N2O2. The molecule has 0 rings (SSSR count). The average molecular weight is 230 g/mol. The monoisotopic (exact) mass is 230 g/mol. The summed E-state index contributed by atoms with van der Waals surface area (Å²) >= 11 is 0. The normalized spacial score (nSPS) is 13.2. The Morgan fingerprint density at radius 3 is 2.50 bits per heavy atom. The van der Waals surface area contributed by atoms with Crippen LogP contribution < -0.4 is 5.32 Å². The lowest BCUT2D eigenvalue weighted by Crippen LogP contribution is -2.31. The molecule has 0 saturated carbocycles. The minimum atomic E-state index is -0.391. The summed E-state index contributed by atoms with van der Waals surface area (Å²) in [5.41, 5.74) is 0. The first-order valence-electron chi connectivity index (χ1n) is 6.08. The number of carbonyl (C=O) groups excluding carboxylic acids is 1. The number of aliphatic hydroxyl groups is 1. The van der Waals surface area contributed by atoms with E-state index in [4.69, 9.17) is 5.11 Å². The van der Waals surface area contributed by atoms with Gasteiger partial charge in [-0.15, -0.1) is 0 Å². The summed E-state index contributed by atoms with van der Waals surface area (Å²) in [7, 11) is 2.08. The summed E-state index contributed by atoms with van der Waals surface area (Å²) in [4.78, 5) is 13.5. The second kappa shape index (κ2) is 8.53. The van der Waals surface area contributed by atoms with Crippen molar-refractivity contribution in [2.75, 3.05) is 20.1 Å². The molecule has 1 unspecified atom stereocenters. The molecule has 0 bridgehead atoms. The van der Waals surface area contributed by atoms with Crippen LogP contribution in [0, 0.1) is 0 Å². The largest absolute Gasteiger partial charge is 0.393 e. The van der Waals surface area contributed by atoms with Crippen molar-refractivity contribution < 1.29 is 9.90 Å². The van der Waals surface area contributed by atoms with Crippen LogP contribution in [0.1, 0.15) is 40.0 Å². The third kappa shape index (κ3) is 8.68. The highest BCUT2D eigenvalue weighted by molar-refractivity contribution is 5.75. The maximum absolute atomic E-state index is 11.3. The Hall–Kier alpha value is -0.610. The SMILES string of the molecule is CC(O)CCC(=O)NCCCN(C)C(C)C. The van der Waals surface area contributed by atoms with Crippen LogP contribution in [0.25, 0.3) is 0 Å². The van der Waals surface area contributed by atoms with Gasteiger partial charge in [0, 0.05) is 19.0 Å². The van der Waals surface area contributed by atoms with Gasteiger partial charge in [0.15, 0.2) is 0 Å². The highest BCUT2D eigenvalue weighted by atomic mass is 16.3. The molecule has 0 heterocycles. The first kappa shape index (κ1) is 15.4. The van der Waals surface area contributed by atoms with Gasteiger partial charge in [-0.1, -0.05) is 0 Å². The standard InChI is InChI=1S/C12H26N2O2/c1-10(2)14(4)9-5-8-13-12(16)7-6-11(3)15/h10-11,15H,5-9H2,1-4H3,(H,13,16). The van der Waals surface area contributed by atoms with Crippen molar-refractivity contribution in [1.29, 1.82) is 0 Å². The Labute approximate surface area is 99.0 Å². The van der Waals surface area contributed by atoms with E-state index in [0.717, 1.165) is 19.5 Å². The molecule has 4 nitrogen and oxygen atoms in total. The Bertz CT molecular complexity index is 193. The van der Waals surface area contributed by atoms with Crippen LogP contribution in [0.3, 0.4) is 0 Å². The van der Waals surface area contributed by atoms with Gasteiger partial charge >= 0.3 is 0 Å². The summed E-state index contributed by atoms with van der Waals surface area (Å²) in [5.74, 6) is 0.0353. The van der Waals surface area contributed by atoms with Crippen molar-refractivity contribution in [1.82, 2.24) is 10.2 Å². The number of nitrogens with one attached hydrogen (secondary N) is 1. The quantitative estimate of drug-likeness (QED) is 0.612. The molecular weight excluding hydrogens is 204 g/mol. The zero-order valence-electron chi connectivity index (χ0n) is 11.0. The van der Waals surface area contributed by atoms with Crippen molar-refractivity contribution >= 4 is 5.91 Å². The lowest BCUT2D eigenvalue weighted by atomic mass is 10.2. The zero-order chi connectivity index (χ0) is 12.6. The van der Waals surface area contributed by atoms with E-state index in [1.807, 2.05) is 0 Å². The fraction of sp³-hybridized carbons (Fsp3) is 0.917. The second-order valence-electron chi connectivity index (χ2n) is 4.67. The Morgan fingerprint density at radius 2 is 2.00 bits per heavy atom. The summed E-state index contributed by atoms with van der Waals surface area (Å²) in [6.45, 7) is 7.72. The fourth-order valence-electron chi connectivity index (χ4n) is 1.24. The van der Waals surface area contributed by atoms with Gasteiger partial charge in [0.05, 0.1) is 6.10 Å². The predicted octanol–water partition coefficient (Wildman–Crippen LogP) is 0.994. The van der Waals surface area contributed by atoms with E-state index in [0.29, 0.717) is 18.9 Å². The van der Waals surface area contributed by atoms with Gasteiger partial charge in [-0.05, 0) is 47.2 Å². The zero-order valence-corrected chi connectivity index (χ0v) is 11.0.